The maximum atomic E-state index is 14.1. The number of benzene rings is 3. The lowest BCUT2D eigenvalue weighted by Gasteiger charge is -2.08. The normalized spacial score (nSPS) is 11.1. The smallest absolute Gasteiger partial charge is 0.292 e. The molecule has 0 atom stereocenters. The van der Waals surface area contributed by atoms with Gasteiger partial charge < -0.3 is 14.5 Å². The van der Waals surface area contributed by atoms with E-state index in [4.69, 9.17) is 20.8 Å². The quantitative estimate of drug-likeness (QED) is 0.279. The highest BCUT2D eigenvalue weighted by molar-refractivity contribution is 6.31. The zero-order chi connectivity index (χ0) is 24.4. The average molecular weight is 490 g/mol. The van der Waals surface area contributed by atoms with Crippen LogP contribution in [0, 0.1) is 12.7 Å². The largest absolute Gasteiger partial charge is 0.485 e. The minimum Gasteiger partial charge on any atom is -0.485 e. The molecule has 0 unspecified atom stereocenters. The Morgan fingerprint density at radius 2 is 1.89 bits per heavy atom. The Hall–Kier alpha value is -4.10. The molecule has 0 saturated heterocycles. The molecule has 0 fully saturated rings. The van der Waals surface area contributed by atoms with Crippen LogP contribution in [0.5, 0.6) is 5.75 Å². The van der Waals surface area contributed by atoms with Crippen LogP contribution >= 0.6 is 11.6 Å². The summed E-state index contributed by atoms with van der Waals surface area (Å²) < 4.78 is 27.3. The van der Waals surface area contributed by atoms with Crippen molar-refractivity contribution in [1.29, 1.82) is 0 Å². The predicted octanol–water partition coefficient (Wildman–Crippen LogP) is 6.61. The molecule has 5 rings (SSSR count). The Morgan fingerprint density at radius 3 is 2.74 bits per heavy atom. The van der Waals surface area contributed by atoms with E-state index < -0.39 is 11.7 Å². The van der Waals surface area contributed by atoms with Gasteiger partial charge >= 0.3 is 0 Å². The lowest BCUT2D eigenvalue weighted by molar-refractivity contribution is 0.0992. The van der Waals surface area contributed by atoms with Gasteiger partial charge in [0.25, 0.3) is 5.91 Å². The number of aromatic nitrogens is 2. The summed E-state index contributed by atoms with van der Waals surface area (Å²) >= 11 is 6.13. The van der Waals surface area contributed by atoms with E-state index >= 15 is 0 Å². The van der Waals surface area contributed by atoms with Gasteiger partial charge in [0.05, 0.1) is 6.54 Å². The van der Waals surface area contributed by atoms with Crippen LogP contribution in [0.15, 0.2) is 83.3 Å². The number of nitrogens with one attached hydrogen (secondary N) is 1. The first-order valence-electron chi connectivity index (χ1n) is 11.0. The van der Waals surface area contributed by atoms with Crippen molar-refractivity contribution in [3.05, 3.63) is 112 Å². The summed E-state index contributed by atoms with van der Waals surface area (Å²) in [5.41, 5.74) is 1.07. The Bertz CT molecular complexity index is 1500. The second-order valence-corrected chi connectivity index (χ2v) is 8.42. The van der Waals surface area contributed by atoms with Gasteiger partial charge in [-0.3, -0.25) is 9.48 Å². The summed E-state index contributed by atoms with van der Waals surface area (Å²) in [6, 6.07) is 23.3. The van der Waals surface area contributed by atoms with Gasteiger partial charge in [0.1, 0.15) is 23.9 Å². The van der Waals surface area contributed by atoms with Gasteiger partial charge in [-0.1, -0.05) is 54.1 Å². The van der Waals surface area contributed by atoms with Crippen LogP contribution in [0.4, 0.5) is 10.2 Å². The topological polar surface area (TPSA) is 69.3 Å². The monoisotopic (exact) mass is 489 g/mol. The van der Waals surface area contributed by atoms with Gasteiger partial charge in [-0.15, -0.1) is 0 Å². The van der Waals surface area contributed by atoms with Crippen molar-refractivity contribution in [3.8, 4) is 5.75 Å². The number of hydrogen-bond acceptors (Lipinski definition) is 4. The molecule has 3 aromatic carbocycles. The maximum absolute atomic E-state index is 14.1. The van der Waals surface area contributed by atoms with Crippen LogP contribution in [0.1, 0.15) is 27.6 Å². The number of aryl methyl sites for hydroxylation is 1. The number of nitrogens with zero attached hydrogens (tertiary/aromatic N) is 2. The molecule has 0 saturated carbocycles. The molecule has 1 N–H and O–H groups in total. The zero-order valence-corrected chi connectivity index (χ0v) is 19.6. The Labute approximate surface area is 205 Å². The van der Waals surface area contributed by atoms with Crippen molar-refractivity contribution in [1.82, 2.24) is 9.78 Å². The predicted molar refractivity (Wildman–Crippen MR) is 132 cm³/mol. The first-order valence-corrected chi connectivity index (χ1v) is 11.3. The molecule has 1 amide bonds. The Kier molecular flexibility index (Phi) is 6.25. The zero-order valence-electron chi connectivity index (χ0n) is 18.8. The van der Waals surface area contributed by atoms with Crippen molar-refractivity contribution >= 4 is 34.1 Å². The van der Waals surface area contributed by atoms with Crippen LogP contribution in [0.3, 0.4) is 0 Å². The van der Waals surface area contributed by atoms with Crippen LogP contribution in [0.25, 0.3) is 10.8 Å². The van der Waals surface area contributed by atoms with Gasteiger partial charge in [-0.05, 0) is 42.6 Å². The van der Waals surface area contributed by atoms with Crippen molar-refractivity contribution < 1.29 is 18.3 Å². The number of hydrogen-bond donors (Lipinski definition) is 1. The van der Waals surface area contributed by atoms with E-state index in [1.807, 2.05) is 49.4 Å². The van der Waals surface area contributed by atoms with E-state index in [0.29, 0.717) is 22.2 Å². The SMILES string of the molecule is Cc1cc(NC(=O)c2ccc(COc3cccc4ccccc34)o2)nn1Cc1c(F)cccc1Cl. The molecule has 0 spiro atoms. The molecule has 8 heteroatoms. The molecule has 6 nitrogen and oxygen atoms in total. The van der Waals surface area contributed by atoms with E-state index in [0.717, 1.165) is 22.2 Å². The van der Waals surface area contributed by atoms with Crippen LogP contribution in [-0.2, 0) is 13.2 Å². The molecular weight excluding hydrogens is 469 g/mol. The van der Waals surface area contributed by atoms with Crippen LogP contribution in [0.2, 0.25) is 5.02 Å². The number of furan rings is 1. The third-order valence-corrected chi connectivity index (χ3v) is 5.95. The molecule has 0 aliphatic heterocycles. The minimum absolute atomic E-state index is 0.130. The van der Waals surface area contributed by atoms with Gasteiger partial charge in [0, 0.05) is 27.7 Å². The van der Waals surface area contributed by atoms with E-state index in [1.54, 1.807) is 35.0 Å². The minimum atomic E-state index is -0.449. The molecule has 176 valence electrons. The summed E-state index contributed by atoms with van der Waals surface area (Å²) in [6.45, 7) is 2.13. The number of halogens is 2. The number of carbonyl (C=O) groups excluding carboxylic acids is 1. The third-order valence-electron chi connectivity index (χ3n) is 5.60. The summed E-state index contributed by atoms with van der Waals surface area (Å²) in [6.07, 6.45) is 0. The average Bonchev–Trinajstić information content (AvgIpc) is 3.46. The number of carbonyl (C=O) groups is 1. The fraction of sp³-hybridized carbons (Fsp3) is 0.111. The number of rotatable bonds is 7. The molecule has 2 heterocycles. The summed E-state index contributed by atoms with van der Waals surface area (Å²) in [5.74, 6) is 0.845. The molecule has 35 heavy (non-hydrogen) atoms. The third kappa shape index (κ3) is 4.90. The maximum Gasteiger partial charge on any atom is 0.292 e. The van der Waals surface area contributed by atoms with E-state index in [-0.39, 0.29) is 18.9 Å². The lowest BCUT2D eigenvalue weighted by atomic mass is 10.1. The fourth-order valence-corrected chi connectivity index (χ4v) is 4.01. The van der Waals surface area contributed by atoms with Crippen molar-refractivity contribution in [3.63, 3.8) is 0 Å². The Morgan fingerprint density at radius 1 is 1.09 bits per heavy atom. The van der Waals surface area contributed by atoms with Gasteiger partial charge in [0.2, 0.25) is 0 Å². The number of amides is 1. The Balaban J connectivity index is 1.24. The standard InChI is InChI=1S/C27H21ClFN3O3/c1-17-14-26(31-32(17)15-21-22(28)9-5-10-23(21)29)30-27(33)25-13-12-19(35-25)16-34-24-11-4-7-18-6-2-3-8-20(18)24/h2-14H,15-16H2,1H3,(H,30,31,33). The second kappa shape index (κ2) is 9.64. The van der Waals surface area contributed by atoms with Crippen molar-refractivity contribution in [2.24, 2.45) is 0 Å². The number of fused-ring (bicyclic) bond motifs is 1. The molecule has 0 aliphatic rings. The fourth-order valence-electron chi connectivity index (χ4n) is 3.79. The first-order chi connectivity index (χ1) is 17.0. The highest BCUT2D eigenvalue weighted by atomic mass is 35.5. The van der Waals surface area contributed by atoms with Gasteiger partial charge in [0.15, 0.2) is 11.6 Å². The lowest BCUT2D eigenvalue weighted by Crippen LogP contribution is -2.12. The molecule has 2 aromatic heterocycles. The first kappa shape index (κ1) is 22.7. The van der Waals surface area contributed by atoms with E-state index in [2.05, 4.69) is 10.4 Å². The molecule has 5 aromatic rings. The molecular formula is C27H21ClFN3O3. The van der Waals surface area contributed by atoms with Gasteiger partial charge in [-0.2, -0.15) is 5.10 Å². The van der Waals surface area contributed by atoms with E-state index in [9.17, 15) is 9.18 Å². The number of ether oxygens (including phenoxy) is 1. The van der Waals surface area contributed by atoms with Crippen molar-refractivity contribution in [2.75, 3.05) is 5.32 Å². The van der Waals surface area contributed by atoms with E-state index in [1.165, 1.54) is 6.07 Å². The highest BCUT2D eigenvalue weighted by Crippen LogP contribution is 2.26. The van der Waals surface area contributed by atoms with Gasteiger partial charge in [-0.25, -0.2) is 4.39 Å². The summed E-state index contributed by atoms with van der Waals surface area (Å²) in [5, 5.41) is 9.47. The highest BCUT2D eigenvalue weighted by Gasteiger charge is 2.16. The number of anilines is 1. The molecule has 0 bridgehead atoms. The van der Waals surface area contributed by atoms with Crippen molar-refractivity contribution in [2.45, 2.75) is 20.1 Å². The molecule has 0 radical (unpaired) electrons. The summed E-state index contributed by atoms with van der Waals surface area (Å²) in [4.78, 5) is 12.7. The van der Waals surface area contributed by atoms with Crippen LogP contribution < -0.4 is 10.1 Å². The van der Waals surface area contributed by atoms with Crippen LogP contribution in [-0.4, -0.2) is 15.7 Å². The summed E-state index contributed by atoms with van der Waals surface area (Å²) in [7, 11) is 0. The second-order valence-electron chi connectivity index (χ2n) is 8.01. The molecule has 0 aliphatic carbocycles.